The van der Waals surface area contributed by atoms with Gasteiger partial charge in [0.25, 0.3) is 0 Å². The molecule has 0 bridgehead atoms. The van der Waals surface area contributed by atoms with Crippen molar-refractivity contribution in [1.29, 1.82) is 0 Å². The summed E-state index contributed by atoms with van der Waals surface area (Å²) in [5.41, 5.74) is -0.0410. The Labute approximate surface area is 87.4 Å². The Morgan fingerprint density at radius 3 is 2.13 bits per heavy atom. The van der Waals surface area contributed by atoms with Crippen LogP contribution in [0.3, 0.4) is 0 Å². The van der Waals surface area contributed by atoms with Crippen LogP contribution in [0.5, 0.6) is 0 Å². The Kier molecular flexibility index (Phi) is 3.03. The maximum atomic E-state index is 12.1. The predicted molar refractivity (Wildman–Crippen MR) is 50.2 cm³/mol. The summed E-state index contributed by atoms with van der Waals surface area (Å²) in [5, 5.41) is 0. The van der Waals surface area contributed by atoms with Crippen LogP contribution in [0.2, 0.25) is 0 Å². The van der Waals surface area contributed by atoms with Gasteiger partial charge in [0.15, 0.2) is 0 Å². The third-order valence-corrected chi connectivity index (χ3v) is 2.94. The Balaban J connectivity index is 2.62. The van der Waals surface area contributed by atoms with Crippen LogP contribution in [0.15, 0.2) is 0 Å². The van der Waals surface area contributed by atoms with Gasteiger partial charge in [-0.25, -0.2) is 0 Å². The van der Waals surface area contributed by atoms with Crippen molar-refractivity contribution < 1.29 is 18.0 Å². The quantitative estimate of drug-likeness (QED) is 0.617. The zero-order chi connectivity index (χ0) is 11.9. The molecular formula is C10H16F3NO. The molecule has 1 aliphatic heterocycles. The second-order valence-electron chi connectivity index (χ2n) is 5.10. The van der Waals surface area contributed by atoms with Crippen LogP contribution >= 0.6 is 0 Å². The molecule has 15 heavy (non-hydrogen) atoms. The molecule has 0 aromatic carbocycles. The van der Waals surface area contributed by atoms with Gasteiger partial charge in [-0.05, 0) is 17.8 Å². The van der Waals surface area contributed by atoms with Crippen molar-refractivity contribution >= 4 is 5.91 Å². The third kappa shape index (κ3) is 2.86. The fourth-order valence-corrected chi connectivity index (χ4v) is 1.83. The Morgan fingerprint density at radius 1 is 1.27 bits per heavy atom. The number of alkyl halides is 3. The summed E-state index contributed by atoms with van der Waals surface area (Å²) >= 11 is 0. The number of carbonyl (C=O) groups is 1. The molecule has 2 nitrogen and oxygen atoms in total. The summed E-state index contributed by atoms with van der Waals surface area (Å²) in [6.45, 7) is 6.40. The average Bonchev–Trinajstić information content (AvgIpc) is 2.47. The molecule has 1 heterocycles. The van der Waals surface area contributed by atoms with Crippen LogP contribution < -0.4 is 0 Å². The molecule has 0 spiro atoms. The first-order chi connectivity index (χ1) is 6.62. The normalized spacial score (nSPS) is 23.3. The van der Waals surface area contributed by atoms with Gasteiger partial charge in [-0.3, -0.25) is 4.79 Å². The van der Waals surface area contributed by atoms with Gasteiger partial charge in [0.2, 0.25) is 0 Å². The lowest BCUT2D eigenvalue weighted by molar-refractivity contribution is -0.184. The number of hydrogen-bond donors (Lipinski definition) is 0. The highest BCUT2D eigenvalue weighted by Gasteiger charge is 2.45. The molecule has 1 aliphatic rings. The predicted octanol–water partition coefficient (Wildman–Crippen LogP) is 2.44. The fourth-order valence-electron chi connectivity index (χ4n) is 1.83. The molecule has 5 heteroatoms. The molecule has 1 atom stereocenters. The van der Waals surface area contributed by atoms with Gasteiger partial charge >= 0.3 is 12.1 Å². The van der Waals surface area contributed by atoms with Gasteiger partial charge in [-0.2, -0.15) is 13.2 Å². The third-order valence-electron chi connectivity index (χ3n) is 2.94. The fraction of sp³-hybridized carbons (Fsp3) is 0.900. The van der Waals surface area contributed by atoms with Crippen LogP contribution in [0.25, 0.3) is 0 Å². The Hall–Kier alpha value is -0.740. The van der Waals surface area contributed by atoms with Gasteiger partial charge in [0.1, 0.15) is 0 Å². The van der Waals surface area contributed by atoms with Crippen molar-refractivity contribution in [2.24, 2.45) is 11.3 Å². The van der Waals surface area contributed by atoms with Crippen molar-refractivity contribution in [1.82, 2.24) is 4.90 Å². The molecule has 1 rings (SSSR count). The monoisotopic (exact) mass is 223 g/mol. The van der Waals surface area contributed by atoms with E-state index in [-0.39, 0.29) is 24.4 Å². The van der Waals surface area contributed by atoms with Crippen molar-refractivity contribution in [3.8, 4) is 0 Å². The lowest BCUT2D eigenvalue weighted by atomic mass is 9.80. The first-order valence-corrected chi connectivity index (χ1v) is 4.98. The maximum absolute atomic E-state index is 12.1. The van der Waals surface area contributed by atoms with E-state index in [2.05, 4.69) is 0 Å². The van der Waals surface area contributed by atoms with E-state index < -0.39 is 12.1 Å². The number of hydrogen-bond acceptors (Lipinski definition) is 1. The van der Waals surface area contributed by atoms with Crippen LogP contribution in [-0.4, -0.2) is 30.1 Å². The SMILES string of the molecule is CC(C)(C)C1CCN(C(=O)C(F)(F)F)C1. The van der Waals surface area contributed by atoms with E-state index in [1.807, 2.05) is 20.8 Å². The minimum absolute atomic E-state index is 0.0410. The second kappa shape index (κ2) is 3.68. The van der Waals surface area contributed by atoms with Gasteiger partial charge in [-0.15, -0.1) is 0 Å². The first-order valence-electron chi connectivity index (χ1n) is 4.98. The molecule has 1 fully saturated rings. The molecule has 88 valence electrons. The lowest BCUT2D eigenvalue weighted by Gasteiger charge is -2.27. The summed E-state index contributed by atoms with van der Waals surface area (Å²) in [6.07, 6.45) is -4.07. The molecule has 0 saturated carbocycles. The van der Waals surface area contributed by atoms with E-state index in [9.17, 15) is 18.0 Å². The number of rotatable bonds is 0. The van der Waals surface area contributed by atoms with Crippen molar-refractivity contribution in [3.63, 3.8) is 0 Å². The lowest BCUT2D eigenvalue weighted by Crippen LogP contribution is -2.40. The molecule has 0 aromatic heterocycles. The standard InChI is InChI=1S/C10H16F3NO/c1-9(2,3)7-4-5-14(6-7)8(15)10(11,12)13/h7H,4-6H2,1-3H3. The smallest absolute Gasteiger partial charge is 0.335 e. The first kappa shape index (κ1) is 12.3. The molecule has 1 amide bonds. The average molecular weight is 223 g/mol. The van der Waals surface area contributed by atoms with Crippen molar-refractivity contribution in [3.05, 3.63) is 0 Å². The highest BCUT2D eigenvalue weighted by molar-refractivity contribution is 5.82. The van der Waals surface area contributed by atoms with E-state index in [0.717, 1.165) is 4.90 Å². The van der Waals surface area contributed by atoms with Gasteiger partial charge in [0, 0.05) is 13.1 Å². The van der Waals surface area contributed by atoms with Crippen molar-refractivity contribution in [2.45, 2.75) is 33.4 Å². The van der Waals surface area contributed by atoms with Gasteiger partial charge in [0.05, 0.1) is 0 Å². The molecule has 1 unspecified atom stereocenters. The summed E-state index contributed by atoms with van der Waals surface area (Å²) in [4.78, 5) is 11.9. The minimum atomic E-state index is -4.73. The molecular weight excluding hydrogens is 207 g/mol. The zero-order valence-corrected chi connectivity index (χ0v) is 9.19. The second-order valence-corrected chi connectivity index (χ2v) is 5.10. The number of halogens is 3. The number of carbonyl (C=O) groups excluding carboxylic acids is 1. The van der Waals surface area contributed by atoms with E-state index >= 15 is 0 Å². The summed E-state index contributed by atoms with van der Waals surface area (Å²) in [6, 6.07) is 0. The maximum Gasteiger partial charge on any atom is 0.471 e. The van der Waals surface area contributed by atoms with Gasteiger partial charge in [-0.1, -0.05) is 20.8 Å². The van der Waals surface area contributed by atoms with E-state index in [1.165, 1.54) is 0 Å². The summed E-state index contributed by atoms with van der Waals surface area (Å²) in [7, 11) is 0. The van der Waals surface area contributed by atoms with Crippen LogP contribution in [0.1, 0.15) is 27.2 Å². The number of likely N-dealkylation sites (tertiary alicyclic amines) is 1. The topological polar surface area (TPSA) is 20.3 Å². The molecule has 0 aliphatic carbocycles. The highest BCUT2D eigenvalue weighted by Crippen LogP contribution is 2.34. The molecule has 0 aromatic rings. The summed E-state index contributed by atoms with van der Waals surface area (Å²) in [5.74, 6) is -1.54. The van der Waals surface area contributed by atoms with Gasteiger partial charge < -0.3 is 4.90 Å². The Bertz CT molecular complexity index is 254. The largest absolute Gasteiger partial charge is 0.471 e. The van der Waals surface area contributed by atoms with Crippen molar-refractivity contribution in [2.75, 3.05) is 13.1 Å². The van der Waals surface area contributed by atoms with Crippen LogP contribution in [0.4, 0.5) is 13.2 Å². The van der Waals surface area contributed by atoms with E-state index in [1.54, 1.807) is 0 Å². The summed E-state index contributed by atoms with van der Waals surface area (Å²) < 4.78 is 36.4. The van der Waals surface area contributed by atoms with E-state index in [4.69, 9.17) is 0 Å². The molecule has 0 radical (unpaired) electrons. The van der Waals surface area contributed by atoms with Crippen LogP contribution in [-0.2, 0) is 4.79 Å². The number of amides is 1. The number of nitrogens with zero attached hydrogens (tertiary/aromatic N) is 1. The highest BCUT2D eigenvalue weighted by atomic mass is 19.4. The zero-order valence-electron chi connectivity index (χ0n) is 9.19. The molecule has 0 N–H and O–H groups in total. The minimum Gasteiger partial charge on any atom is -0.335 e. The Morgan fingerprint density at radius 2 is 1.80 bits per heavy atom. The van der Waals surface area contributed by atoms with Crippen LogP contribution in [0, 0.1) is 11.3 Å². The van der Waals surface area contributed by atoms with E-state index in [0.29, 0.717) is 6.42 Å². The molecule has 1 saturated heterocycles.